The van der Waals surface area contributed by atoms with Gasteiger partial charge in [0.25, 0.3) is 0 Å². The summed E-state index contributed by atoms with van der Waals surface area (Å²) in [5.41, 5.74) is 8.12. The van der Waals surface area contributed by atoms with E-state index in [0.29, 0.717) is 6.42 Å². The van der Waals surface area contributed by atoms with Gasteiger partial charge in [-0.25, -0.2) is 4.98 Å². The topological polar surface area (TPSA) is 52.0 Å². The van der Waals surface area contributed by atoms with E-state index < -0.39 is 0 Å². The van der Waals surface area contributed by atoms with Crippen LogP contribution in [0.2, 0.25) is 5.02 Å². The standard InChI is InChI=1S/C15H13ClN2OS/c16-11-5-3-10(4-6-11)12(17)8-15-18-13(9-20-15)14-2-1-7-19-14/h1-7,9,12H,8,17H2. The lowest BCUT2D eigenvalue weighted by atomic mass is 10.1. The highest BCUT2D eigenvalue weighted by atomic mass is 35.5. The van der Waals surface area contributed by atoms with Crippen molar-refractivity contribution >= 4 is 22.9 Å². The SMILES string of the molecule is NC(Cc1nc(-c2ccco2)cs1)c1ccc(Cl)cc1. The molecule has 1 unspecified atom stereocenters. The number of furan rings is 1. The summed E-state index contributed by atoms with van der Waals surface area (Å²) >= 11 is 7.47. The fourth-order valence-electron chi connectivity index (χ4n) is 1.96. The van der Waals surface area contributed by atoms with Crippen LogP contribution in [0.4, 0.5) is 0 Å². The minimum absolute atomic E-state index is 0.0807. The van der Waals surface area contributed by atoms with Gasteiger partial charge in [-0.1, -0.05) is 23.7 Å². The first-order valence-corrected chi connectivity index (χ1v) is 7.47. The molecular weight excluding hydrogens is 292 g/mol. The van der Waals surface area contributed by atoms with Crippen LogP contribution in [0.15, 0.2) is 52.5 Å². The summed E-state index contributed by atoms with van der Waals surface area (Å²) in [6.45, 7) is 0. The van der Waals surface area contributed by atoms with Crippen molar-refractivity contribution in [3.8, 4) is 11.5 Å². The molecule has 0 radical (unpaired) electrons. The second-order valence-corrected chi connectivity index (χ2v) is 5.85. The van der Waals surface area contributed by atoms with Crippen LogP contribution in [0.1, 0.15) is 16.6 Å². The van der Waals surface area contributed by atoms with Crippen LogP contribution in [0.25, 0.3) is 11.5 Å². The molecule has 20 heavy (non-hydrogen) atoms. The Kier molecular flexibility index (Phi) is 3.87. The molecular formula is C15H13ClN2OS. The largest absolute Gasteiger partial charge is 0.463 e. The maximum atomic E-state index is 6.21. The lowest BCUT2D eigenvalue weighted by Crippen LogP contribution is -2.13. The van der Waals surface area contributed by atoms with Crippen LogP contribution in [0.3, 0.4) is 0 Å². The van der Waals surface area contributed by atoms with Crippen molar-refractivity contribution in [2.75, 3.05) is 0 Å². The highest BCUT2D eigenvalue weighted by molar-refractivity contribution is 7.09. The van der Waals surface area contributed by atoms with E-state index in [1.807, 2.05) is 41.8 Å². The number of nitrogens with zero attached hydrogens (tertiary/aromatic N) is 1. The molecule has 3 rings (SSSR count). The number of benzene rings is 1. The van der Waals surface area contributed by atoms with E-state index in [-0.39, 0.29) is 6.04 Å². The highest BCUT2D eigenvalue weighted by Crippen LogP contribution is 2.25. The van der Waals surface area contributed by atoms with Crippen LogP contribution in [-0.2, 0) is 6.42 Å². The zero-order chi connectivity index (χ0) is 13.9. The van der Waals surface area contributed by atoms with Crippen molar-refractivity contribution < 1.29 is 4.42 Å². The van der Waals surface area contributed by atoms with Crippen LogP contribution in [0.5, 0.6) is 0 Å². The van der Waals surface area contributed by atoms with Crippen molar-refractivity contribution in [3.05, 3.63) is 63.6 Å². The van der Waals surface area contributed by atoms with E-state index in [9.17, 15) is 0 Å². The Morgan fingerprint density at radius 1 is 1.25 bits per heavy atom. The minimum Gasteiger partial charge on any atom is -0.463 e. The van der Waals surface area contributed by atoms with Gasteiger partial charge in [0.15, 0.2) is 5.76 Å². The van der Waals surface area contributed by atoms with Crippen molar-refractivity contribution in [2.24, 2.45) is 5.73 Å². The molecule has 2 aromatic heterocycles. The van der Waals surface area contributed by atoms with E-state index >= 15 is 0 Å². The average Bonchev–Trinajstić information content (AvgIpc) is 3.09. The molecule has 2 heterocycles. The fraction of sp³-hybridized carbons (Fsp3) is 0.133. The quantitative estimate of drug-likeness (QED) is 0.782. The Bertz CT molecular complexity index is 676. The van der Waals surface area contributed by atoms with E-state index in [4.69, 9.17) is 21.8 Å². The first-order valence-electron chi connectivity index (χ1n) is 6.22. The van der Waals surface area contributed by atoms with Gasteiger partial charge >= 0.3 is 0 Å². The van der Waals surface area contributed by atoms with E-state index in [0.717, 1.165) is 27.0 Å². The fourth-order valence-corrected chi connectivity index (χ4v) is 2.93. The van der Waals surface area contributed by atoms with Gasteiger partial charge in [0.2, 0.25) is 0 Å². The van der Waals surface area contributed by atoms with Gasteiger partial charge in [0.1, 0.15) is 5.69 Å². The number of hydrogen-bond acceptors (Lipinski definition) is 4. The monoisotopic (exact) mass is 304 g/mol. The predicted molar refractivity (Wildman–Crippen MR) is 81.9 cm³/mol. The molecule has 3 nitrogen and oxygen atoms in total. The Balaban J connectivity index is 1.73. The highest BCUT2D eigenvalue weighted by Gasteiger charge is 2.12. The maximum Gasteiger partial charge on any atom is 0.153 e. The van der Waals surface area contributed by atoms with Crippen molar-refractivity contribution in [3.63, 3.8) is 0 Å². The van der Waals surface area contributed by atoms with Gasteiger partial charge in [0, 0.05) is 22.9 Å². The van der Waals surface area contributed by atoms with Gasteiger partial charge in [-0.3, -0.25) is 0 Å². The van der Waals surface area contributed by atoms with Crippen molar-refractivity contribution in [2.45, 2.75) is 12.5 Å². The van der Waals surface area contributed by atoms with E-state index in [1.54, 1.807) is 17.6 Å². The molecule has 102 valence electrons. The van der Waals surface area contributed by atoms with Crippen LogP contribution >= 0.6 is 22.9 Å². The third kappa shape index (κ3) is 2.93. The second-order valence-electron chi connectivity index (χ2n) is 4.47. The molecule has 0 spiro atoms. The van der Waals surface area contributed by atoms with Crippen LogP contribution in [0, 0.1) is 0 Å². The third-order valence-corrected chi connectivity index (χ3v) is 4.14. The molecule has 3 aromatic rings. The average molecular weight is 305 g/mol. The summed E-state index contributed by atoms with van der Waals surface area (Å²) in [5.74, 6) is 0.785. The number of aromatic nitrogens is 1. The van der Waals surface area contributed by atoms with Crippen LogP contribution in [-0.4, -0.2) is 4.98 Å². The Morgan fingerprint density at radius 3 is 2.75 bits per heavy atom. The lowest BCUT2D eigenvalue weighted by Gasteiger charge is -2.10. The lowest BCUT2D eigenvalue weighted by molar-refractivity contribution is 0.580. The summed E-state index contributed by atoms with van der Waals surface area (Å²) < 4.78 is 5.33. The van der Waals surface area contributed by atoms with Gasteiger partial charge in [-0.2, -0.15) is 0 Å². The van der Waals surface area contributed by atoms with Crippen LogP contribution < -0.4 is 5.73 Å². The zero-order valence-electron chi connectivity index (χ0n) is 10.6. The molecule has 0 aliphatic heterocycles. The predicted octanol–water partition coefficient (Wildman–Crippen LogP) is 4.30. The molecule has 5 heteroatoms. The summed E-state index contributed by atoms with van der Waals surface area (Å²) in [7, 11) is 0. The Labute approximate surface area is 126 Å². The molecule has 0 aliphatic rings. The smallest absolute Gasteiger partial charge is 0.153 e. The molecule has 2 N–H and O–H groups in total. The third-order valence-electron chi connectivity index (χ3n) is 3.02. The molecule has 1 aromatic carbocycles. The minimum atomic E-state index is -0.0807. The molecule has 0 amide bonds. The summed E-state index contributed by atoms with van der Waals surface area (Å²) in [6.07, 6.45) is 2.35. The van der Waals surface area contributed by atoms with E-state index in [1.165, 1.54) is 0 Å². The van der Waals surface area contributed by atoms with E-state index in [2.05, 4.69) is 4.98 Å². The molecule has 0 aliphatic carbocycles. The summed E-state index contributed by atoms with van der Waals surface area (Å²) in [6, 6.07) is 11.3. The second kappa shape index (κ2) is 5.79. The number of rotatable bonds is 4. The Hall–Kier alpha value is -1.62. The zero-order valence-corrected chi connectivity index (χ0v) is 12.2. The molecule has 1 atom stereocenters. The van der Waals surface area contributed by atoms with Gasteiger partial charge in [-0.05, 0) is 29.8 Å². The molecule has 0 bridgehead atoms. The first-order chi connectivity index (χ1) is 9.72. The number of nitrogens with two attached hydrogens (primary N) is 1. The van der Waals surface area contributed by atoms with Gasteiger partial charge in [0.05, 0.1) is 11.3 Å². The Morgan fingerprint density at radius 2 is 2.05 bits per heavy atom. The molecule has 0 saturated carbocycles. The number of thiazole rings is 1. The molecule has 0 saturated heterocycles. The normalized spacial score (nSPS) is 12.5. The van der Waals surface area contributed by atoms with Gasteiger partial charge < -0.3 is 10.2 Å². The number of halogens is 1. The maximum absolute atomic E-state index is 6.21. The summed E-state index contributed by atoms with van der Waals surface area (Å²) in [5, 5.41) is 3.71. The van der Waals surface area contributed by atoms with Crippen molar-refractivity contribution in [1.29, 1.82) is 0 Å². The molecule has 0 fully saturated rings. The summed E-state index contributed by atoms with van der Waals surface area (Å²) in [4.78, 5) is 4.55. The van der Waals surface area contributed by atoms with Crippen molar-refractivity contribution in [1.82, 2.24) is 4.98 Å². The van der Waals surface area contributed by atoms with Gasteiger partial charge in [-0.15, -0.1) is 11.3 Å². The first kappa shape index (κ1) is 13.4. The number of hydrogen-bond donors (Lipinski definition) is 1.